The van der Waals surface area contributed by atoms with Crippen molar-refractivity contribution in [3.8, 4) is 5.75 Å². The summed E-state index contributed by atoms with van der Waals surface area (Å²) < 4.78 is 32.2. The highest BCUT2D eigenvalue weighted by Gasteiger charge is 2.31. The summed E-state index contributed by atoms with van der Waals surface area (Å²) in [5, 5.41) is 3.13. The molecule has 1 aromatic rings. The van der Waals surface area contributed by atoms with Crippen LogP contribution in [0.1, 0.15) is 12.8 Å². The van der Waals surface area contributed by atoms with Crippen molar-refractivity contribution >= 4 is 10.0 Å². The van der Waals surface area contributed by atoms with Gasteiger partial charge in [-0.25, -0.2) is 8.42 Å². The fraction of sp³-hybridized carbons (Fsp3) is 0.571. The Kier molecular flexibility index (Phi) is 5.01. The standard InChI is InChI=1S/C14H22N2O3S/c1-15-10-12-6-5-9-16(11-12)20(17,18)14-8-4-3-7-13(14)19-2/h3-4,7-8,12,15H,5-6,9-11H2,1-2H3/t12-/m0/s1. The summed E-state index contributed by atoms with van der Waals surface area (Å²) in [5.74, 6) is 0.779. The van der Waals surface area contributed by atoms with Gasteiger partial charge >= 0.3 is 0 Å². The van der Waals surface area contributed by atoms with Gasteiger partial charge in [-0.3, -0.25) is 0 Å². The van der Waals surface area contributed by atoms with E-state index < -0.39 is 10.0 Å². The molecule has 20 heavy (non-hydrogen) atoms. The fourth-order valence-corrected chi connectivity index (χ4v) is 4.38. The first-order chi connectivity index (χ1) is 9.59. The summed E-state index contributed by atoms with van der Waals surface area (Å²) >= 11 is 0. The first-order valence-electron chi connectivity index (χ1n) is 6.87. The summed E-state index contributed by atoms with van der Waals surface area (Å²) in [6.45, 7) is 2.00. The van der Waals surface area contributed by atoms with Gasteiger partial charge in [0.25, 0.3) is 0 Å². The van der Waals surface area contributed by atoms with Crippen LogP contribution in [0.4, 0.5) is 0 Å². The summed E-state index contributed by atoms with van der Waals surface area (Å²) in [5.41, 5.74) is 0. The molecule has 0 radical (unpaired) electrons. The average molecular weight is 298 g/mol. The second-order valence-corrected chi connectivity index (χ2v) is 6.99. The molecule has 0 saturated carbocycles. The zero-order chi connectivity index (χ0) is 14.6. The van der Waals surface area contributed by atoms with Gasteiger partial charge in [0.15, 0.2) is 0 Å². The molecular weight excluding hydrogens is 276 g/mol. The quantitative estimate of drug-likeness (QED) is 0.890. The smallest absolute Gasteiger partial charge is 0.246 e. The number of rotatable bonds is 5. The van der Waals surface area contributed by atoms with Crippen molar-refractivity contribution in [2.75, 3.05) is 33.8 Å². The van der Waals surface area contributed by atoms with Gasteiger partial charge in [0.1, 0.15) is 10.6 Å². The molecule has 112 valence electrons. The molecule has 0 aromatic heterocycles. The van der Waals surface area contributed by atoms with E-state index >= 15 is 0 Å². The van der Waals surface area contributed by atoms with Gasteiger partial charge in [-0.05, 0) is 44.5 Å². The number of nitrogens with zero attached hydrogens (tertiary/aromatic N) is 1. The molecule has 2 rings (SSSR count). The Labute approximate surface area is 121 Å². The number of ether oxygens (including phenoxy) is 1. The second kappa shape index (κ2) is 6.56. The Balaban J connectivity index is 2.25. The highest BCUT2D eigenvalue weighted by atomic mass is 32.2. The largest absolute Gasteiger partial charge is 0.495 e. The highest BCUT2D eigenvalue weighted by molar-refractivity contribution is 7.89. The van der Waals surface area contributed by atoms with Gasteiger partial charge in [0, 0.05) is 13.1 Å². The molecule has 0 aliphatic carbocycles. The van der Waals surface area contributed by atoms with E-state index in [1.807, 2.05) is 7.05 Å². The van der Waals surface area contributed by atoms with E-state index in [4.69, 9.17) is 4.74 Å². The zero-order valence-corrected chi connectivity index (χ0v) is 12.8. The molecule has 6 heteroatoms. The minimum absolute atomic E-state index is 0.257. The maximum atomic E-state index is 12.7. The summed E-state index contributed by atoms with van der Waals surface area (Å²) in [6.07, 6.45) is 1.97. The average Bonchev–Trinajstić information content (AvgIpc) is 2.48. The lowest BCUT2D eigenvalue weighted by Gasteiger charge is -2.32. The van der Waals surface area contributed by atoms with Crippen molar-refractivity contribution in [2.24, 2.45) is 5.92 Å². The van der Waals surface area contributed by atoms with Crippen molar-refractivity contribution in [3.05, 3.63) is 24.3 Å². The van der Waals surface area contributed by atoms with Gasteiger partial charge in [-0.1, -0.05) is 12.1 Å². The number of benzene rings is 1. The van der Waals surface area contributed by atoms with Crippen molar-refractivity contribution in [1.82, 2.24) is 9.62 Å². The lowest BCUT2D eigenvalue weighted by Crippen LogP contribution is -2.42. The molecule has 1 aliphatic rings. The number of methoxy groups -OCH3 is 1. The molecule has 1 aliphatic heterocycles. The summed E-state index contributed by atoms with van der Waals surface area (Å²) in [6, 6.07) is 6.79. The Morgan fingerprint density at radius 2 is 2.15 bits per heavy atom. The molecule has 1 saturated heterocycles. The van der Waals surface area contributed by atoms with Crippen LogP contribution in [0.5, 0.6) is 5.75 Å². The normalized spacial score (nSPS) is 20.8. The van der Waals surface area contributed by atoms with Crippen LogP contribution in [-0.4, -0.2) is 46.5 Å². The van der Waals surface area contributed by atoms with Gasteiger partial charge in [0.05, 0.1) is 7.11 Å². The number of nitrogens with one attached hydrogen (secondary N) is 1. The molecule has 1 fully saturated rings. The van der Waals surface area contributed by atoms with Crippen molar-refractivity contribution < 1.29 is 13.2 Å². The molecule has 1 atom stereocenters. The van der Waals surface area contributed by atoms with E-state index in [2.05, 4.69) is 5.32 Å². The Bertz CT molecular complexity index is 543. The Morgan fingerprint density at radius 1 is 1.40 bits per heavy atom. The lowest BCUT2D eigenvalue weighted by molar-refractivity contribution is 0.262. The second-order valence-electron chi connectivity index (χ2n) is 5.08. The van der Waals surface area contributed by atoms with Gasteiger partial charge in [-0.15, -0.1) is 0 Å². The minimum atomic E-state index is -3.48. The lowest BCUT2D eigenvalue weighted by atomic mass is 10.00. The fourth-order valence-electron chi connectivity index (χ4n) is 2.67. The van der Waals surface area contributed by atoms with E-state index in [0.717, 1.165) is 19.4 Å². The predicted octanol–water partition coefficient (Wildman–Crippen LogP) is 1.32. The van der Waals surface area contributed by atoms with Crippen LogP contribution in [0.3, 0.4) is 0 Å². The molecular formula is C14H22N2O3S. The van der Waals surface area contributed by atoms with E-state index in [1.165, 1.54) is 7.11 Å². The third-order valence-corrected chi connectivity index (χ3v) is 5.57. The van der Waals surface area contributed by atoms with Crippen molar-refractivity contribution in [1.29, 1.82) is 0 Å². The summed E-state index contributed by atoms with van der Waals surface area (Å²) in [7, 11) is -0.0846. The van der Waals surface area contributed by atoms with Crippen LogP contribution < -0.4 is 10.1 Å². The Hall–Kier alpha value is -1.11. The minimum Gasteiger partial charge on any atom is -0.495 e. The molecule has 0 amide bonds. The number of sulfonamides is 1. The highest BCUT2D eigenvalue weighted by Crippen LogP contribution is 2.29. The van der Waals surface area contributed by atoms with E-state index in [9.17, 15) is 8.42 Å². The van der Waals surface area contributed by atoms with Crippen LogP contribution in [0.15, 0.2) is 29.2 Å². The van der Waals surface area contributed by atoms with Gasteiger partial charge in [-0.2, -0.15) is 4.31 Å². The molecule has 0 bridgehead atoms. The predicted molar refractivity (Wildman–Crippen MR) is 78.4 cm³/mol. The van der Waals surface area contributed by atoms with Gasteiger partial charge in [0.2, 0.25) is 10.0 Å². The first kappa shape index (κ1) is 15.3. The topological polar surface area (TPSA) is 58.6 Å². The van der Waals surface area contributed by atoms with Crippen molar-refractivity contribution in [3.63, 3.8) is 0 Å². The van der Waals surface area contributed by atoms with Crippen LogP contribution in [0.25, 0.3) is 0 Å². The van der Waals surface area contributed by atoms with Gasteiger partial charge < -0.3 is 10.1 Å². The third kappa shape index (κ3) is 3.13. The van der Waals surface area contributed by atoms with Crippen LogP contribution in [0.2, 0.25) is 0 Å². The maximum absolute atomic E-state index is 12.7. The monoisotopic (exact) mass is 298 g/mol. The van der Waals surface area contributed by atoms with Crippen LogP contribution in [0, 0.1) is 5.92 Å². The first-order valence-corrected chi connectivity index (χ1v) is 8.31. The number of hydrogen-bond acceptors (Lipinski definition) is 4. The Morgan fingerprint density at radius 3 is 2.85 bits per heavy atom. The zero-order valence-electron chi connectivity index (χ0n) is 12.0. The van der Waals surface area contributed by atoms with Crippen LogP contribution in [-0.2, 0) is 10.0 Å². The van der Waals surface area contributed by atoms with E-state index in [-0.39, 0.29) is 4.90 Å². The number of piperidine rings is 1. The molecule has 0 unspecified atom stereocenters. The van der Waals surface area contributed by atoms with Crippen molar-refractivity contribution in [2.45, 2.75) is 17.7 Å². The SMILES string of the molecule is CNC[C@@H]1CCCN(S(=O)(=O)c2ccccc2OC)C1. The molecule has 0 spiro atoms. The maximum Gasteiger partial charge on any atom is 0.246 e. The molecule has 5 nitrogen and oxygen atoms in total. The summed E-state index contributed by atoms with van der Waals surface area (Å²) in [4.78, 5) is 0.257. The molecule has 1 aromatic carbocycles. The van der Waals surface area contributed by atoms with E-state index in [0.29, 0.717) is 24.8 Å². The van der Waals surface area contributed by atoms with E-state index in [1.54, 1.807) is 28.6 Å². The molecule has 1 N–H and O–H groups in total. The number of hydrogen-bond donors (Lipinski definition) is 1. The third-order valence-electron chi connectivity index (χ3n) is 3.66. The number of para-hydroxylation sites is 1. The molecule has 1 heterocycles. The van der Waals surface area contributed by atoms with Crippen LogP contribution >= 0.6 is 0 Å².